The van der Waals surface area contributed by atoms with Crippen molar-refractivity contribution in [2.24, 2.45) is 0 Å². The number of fused-ring (bicyclic) bond motifs is 2. The second-order valence-electron chi connectivity index (χ2n) is 20.2. The van der Waals surface area contributed by atoms with E-state index >= 15 is 0 Å². The van der Waals surface area contributed by atoms with Crippen LogP contribution in [-0.2, 0) is 47.3 Å². The highest BCUT2D eigenvalue weighted by Crippen LogP contribution is 2.44. The number of benzene rings is 4. The van der Waals surface area contributed by atoms with E-state index in [1.807, 2.05) is 23.5 Å². The summed E-state index contributed by atoms with van der Waals surface area (Å²) in [4.78, 5) is 0. The highest BCUT2D eigenvalue weighted by molar-refractivity contribution is 8.02. The van der Waals surface area contributed by atoms with Gasteiger partial charge in [-0.15, -0.1) is 0 Å². The second-order valence-corrected chi connectivity index (χ2v) is 22.6. The van der Waals surface area contributed by atoms with Gasteiger partial charge in [-0.1, -0.05) is 132 Å². The van der Waals surface area contributed by atoms with Gasteiger partial charge in [-0.25, -0.2) is 0 Å². The Morgan fingerprint density at radius 2 is 0.607 bits per heavy atom. The summed E-state index contributed by atoms with van der Waals surface area (Å²) in [5.41, 5.74) is 12.2. The van der Waals surface area contributed by atoms with Crippen LogP contribution in [-0.4, -0.2) is 46.4 Å². The number of aromatic hydroxyl groups is 2. The van der Waals surface area contributed by atoms with Gasteiger partial charge >= 0.3 is 0 Å². The van der Waals surface area contributed by atoms with Crippen molar-refractivity contribution in [1.82, 2.24) is 0 Å². The number of ether oxygens (including phenoxy) is 2. The predicted octanol–water partition coefficient (Wildman–Crippen LogP) is 12.2. The Labute approximate surface area is 346 Å². The normalized spacial score (nSPS) is 16.1. The predicted molar refractivity (Wildman–Crippen MR) is 241 cm³/mol. The van der Waals surface area contributed by atoms with Crippen LogP contribution < -0.4 is 9.47 Å². The molecule has 0 spiro atoms. The molecule has 0 aromatic heterocycles. The number of thioether (sulfide) groups is 2. The zero-order chi connectivity index (χ0) is 40.8. The fourth-order valence-corrected chi connectivity index (χ4v) is 9.50. The van der Waals surface area contributed by atoms with E-state index in [1.165, 1.54) is 22.3 Å². The first-order valence-electron chi connectivity index (χ1n) is 20.5. The zero-order valence-corrected chi connectivity index (χ0v) is 37.9. The monoisotopic (exact) mass is 794 g/mol. The molecule has 6 heteroatoms. The fraction of sp³-hybridized carbons (Fsp3) is 0.520. The first kappa shape index (κ1) is 42.4. The lowest BCUT2D eigenvalue weighted by Crippen LogP contribution is -2.17. The fourth-order valence-electron chi connectivity index (χ4n) is 7.74. The third kappa shape index (κ3) is 9.72. The van der Waals surface area contributed by atoms with Gasteiger partial charge in [-0.3, -0.25) is 0 Å². The average molecular weight is 795 g/mol. The van der Waals surface area contributed by atoms with Crippen LogP contribution in [0.5, 0.6) is 23.0 Å². The van der Waals surface area contributed by atoms with E-state index in [0.717, 1.165) is 79.0 Å². The third-order valence-electron chi connectivity index (χ3n) is 11.3. The van der Waals surface area contributed by atoms with Gasteiger partial charge in [0.2, 0.25) is 0 Å². The van der Waals surface area contributed by atoms with Crippen LogP contribution in [0.3, 0.4) is 0 Å². The minimum absolute atomic E-state index is 0.131. The Morgan fingerprint density at radius 3 is 0.839 bits per heavy atom. The van der Waals surface area contributed by atoms with Crippen molar-refractivity contribution >= 4 is 23.5 Å². The standard InChI is InChI=1S/C50H66O4S2/c1-47(2,3)39-23-31-19-35-27-41(49(7,8)9)29-37-21-33-25-40(48(4,5)6)26-34(44(33)52)22-38-30-42(50(10,11)12)28-36(20-32(24-39)43(31)51)46(38)54-14-16-56-18-17-55-15-13-53-45(35)37/h23-30,51-52H,13-22H2,1-12H3. The van der Waals surface area contributed by atoms with Crippen LogP contribution >= 0.6 is 23.5 Å². The van der Waals surface area contributed by atoms with E-state index in [1.54, 1.807) is 0 Å². The molecule has 1 aliphatic carbocycles. The molecule has 0 amide bonds. The number of hydrogen-bond acceptors (Lipinski definition) is 6. The maximum absolute atomic E-state index is 12.4. The van der Waals surface area contributed by atoms with Crippen molar-refractivity contribution in [3.63, 3.8) is 0 Å². The van der Waals surface area contributed by atoms with Crippen LogP contribution in [0.4, 0.5) is 0 Å². The Kier molecular flexibility index (Phi) is 12.3. The first-order valence-corrected chi connectivity index (χ1v) is 22.8. The van der Waals surface area contributed by atoms with E-state index in [2.05, 4.69) is 132 Å². The highest BCUT2D eigenvalue weighted by Gasteiger charge is 2.28. The molecule has 0 unspecified atom stereocenters. The summed E-state index contributed by atoms with van der Waals surface area (Å²) in [7, 11) is 0. The Bertz CT molecular complexity index is 1820. The summed E-state index contributed by atoms with van der Waals surface area (Å²) in [5.74, 6) is 6.30. The van der Waals surface area contributed by atoms with E-state index in [0.29, 0.717) is 50.4 Å². The summed E-state index contributed by atoms with van der Waals surface area (Å²) in [6.07, 6.45) is 2.09. The molecule has 0 fully saturated rings. The van der Waals surface area contributed by atoms with E-state index in [4.69, 9.17) is 9.47 Å². The molecule has 0 saturated carbocycles. The number of hydrogen-bond donors (Lipinski definition) is 2. The van der Waals surface area contributed by atoms with Crippen molar-refractivity contribution in [1.29, 1.82) is 0 Å². The van der Waals surface area contributed by atoms with Gasteiger partial charge in [-0.2, -0.15) is 23.5 Å². The lowest BCUT2D eigenvalue weighted by molar-refractivity contribution is 0.336. The number of phenolic OH excluding ortho intramolecular Hbond substituents is 2. The molecule has 0 radical (unpaired) electrons. The van der Waals surface area contributed by atoms with Gasteiger partial charge < -0.3 is 19.7 Å². The average Bonchev–Trinajstić information content (AvgIpc) is 3.07. The SMILES string of the molecule is CC(C)(C)c1cc2c(O)c(c1)Cc1cc(C(C)(C)C)cc3c1OCCSCCSCCOc1c(cc(C(C)(C)C)cc1Cc1cc(C(C)(C)C)cc(c1O)C3)C2. The topological polar surface area (TPSA) is 58.9 Å². The van der Waals surface area contributed by atoms with Crippen molar-refractivity contribution in [3.05, 3.63) is 115 Å². The van der Waals surface area contributed by atoms with Crippen molar-refractivity contribution in [2.45, 2.75) is 130 Å². The number of phenols is 2. The van der Waals surface area contributed by atoms with Gasteiger partial charge in [0.05, 0.1) is 13.2 Å². The minimum atomic E-state index is -0.137. The molecule has 4 nitrogen and oxygen atoms in total. The largest absolute Gasteiger partial charge is 0.507 e. The van der Waals surface area contributed by atoms with Crippen molar-refractivity contribution < 1.29 is 19.7 Å². The third-order valence-corrected chi connectivity index (χ3v) is 13.5. The molecule has 56 heavy (non-hydrogen) atoms. The molecule has 1 heterocycles. The molecule has 2 aliphatic rings. The quantitative estimate of drug-likeness (QED) is 0.163. The summed E-state index contributed by atoms with van der Waals surface area (Å²) >= 11 is 3.85. The van der Waals surface area contributed by atoms with Gasteiger partial charge in [0.15, 0.2) is 0 Å². The maximum atomic E-state index is 12.4. The van der Waals surface area contributed by atoms with Gasteiger partial charge in [0.1, 0.15) is 23.0 Å². The molecule has 0 saturated heterocycles. The smallest absolute Gasteiger partial charge is 0.126 e. The molecule has 4 aromatic rings. The molecular weight excluding hydrogens is 729 g/mol. The van der Waals surface area contributed by atoms with Crippen LogP contribution in [0.1, 0.15) is 150 Å². The molecule has 2 N–H and O–H groups in total. The van der Waals surface area contributed by atoms with Crippen LogP contribution in [0.15, 0.2) is 48.5 Å². The maximum Gasteiger partial charge on any atom is 0.126 e. The van der Waals surface area contributed by atoms with Crippen LogP contribution in [0.25, 0.3) is 0 Å². The zero-order valence-electron chi connectivity index (χ0n) is 36.2. The molecule has 4 aromatic carbocycles. The Hall–Kier alpha value is -3.22. The Morgan fingerprint density at radius 1 is 0.375 bits per heavy atom. The second kappa shape index (κ2) is 16.2. The first-order chi connectivity index (χ1) is 26.1. The van der Waals surface area contributed by atoms with E-state index in [-0.39, 0.29) is 21.7 Å². The summed E-state index contributed by atoms with van der Waals surface area (Å²) < 4.78 is 13.8. The minimum Gasteiger partial charge on any atom is -0.507 e. The van der Waals surface area contributed by atoms with Crippen LogP contribution in [0.2, 0.25) is 0 Å². The lowest BCUT2D eigenvalue weighted by Gasteiger charge is -2.28. The van der Waals surface area contributed by atoms with Crippen molar-refractivity contribution in [3.8, 4) is 23.0 Å². The van der Waals surface area contributed by atoms with Crippen molar-refractivity contribution in [2.75, 3.05) is 36.2 Å². The highest BCUT2D eigenvalue weighted by atomic mass is 32.2. The van der Waals surface area contributed by atoms with Gasteiger partial charge in [0.25, 0.3) is 0 Å². The molecular formula is C50H66O4S2. The summed E-state index contributed by atoms with van der Waals surface area (Å²) in [6, 6.07) is 18.1. The molecule has 0 atom stereocenters. The number of rotatable bonds is 0. The molecule has 6 rings (SSSR count). The molecule has 302 valence electrons. The van der Waals surface area contributed by atoms with Crippen LogP contribution in [0, 0.1) is 0 Å². The summed E-state index contributed by atoms with van der Waals surface area (Å²) in [5, 5.41) is 24.8. The van der Waals surface area contributed by atoms with E-state index in [9.17, 15) is 10.2 Å². The summed E-state index contributed by atoms with van der Waals surface area (Å²) in [6.45, 7) is 28.2. The molecule has 10 bridgehead atoms. The lowest BCUT2D eigenvalue weighted by atomic mass is 9.79. The van der Waals surface area contributed by atoms with Gasteiger partial charge in [0, 0.05) is 48.7 Å². The molecule has 1 aliphatic heterocycles. The Balaban J connectivity index is 1.75. The van der Waals surface area contributed by atoms with Gasteiger partial charge in [-0.05, 0) is 88.4 Å². The van der Waals surface area contributed by atoms with E-state index < -0.39 is 0 Å².